The van der Waals surface area contributed by atoms with Crippen molar-refractivity contribution in [3.05, 3.63) is 0 Å². The lowest BCUT2D eigenvalue weighted by Crippen LogP contribution is -2.25. The quantitative estimate of drug-likeness (QED) is 0.595. The van der Waals surface area contributed by atoms with E-state index >= 15 is 0 Å². The maximum Gasteiger partial charge on any atom is 0.0590 e. The minimum Gasteiger partial charge on any atom is -0.385 e. The van der Waals surface area contributed by atoms with Crippen LogP contribution in [0, 0.1) is 5.92 Å². The van der Waals surface area contributed by atoms with Gasteiger partial charge in [0, 0.05) is 26.9 Å². The van der Waals surface area contributed by atoms with Crippen LogP contribution in [0.3, 0.4) is 0 Å². The van der Waals surface area contributed by atoms with Gasteiger partial charge < -0.3 is 14.8 Å². The highest BCUT2D eigenvalue weighted by Crippen LogP contribution is 2.23. The fourth-order valence-corrected chi connectivity index (χ4v) is 2.07. The lowest BCUT2D eigenvalue weighted by atomic mass is 10.1. The standard InChI is InChI=1S/C12H25NO2/c1-14-8-4-9-15-10-7-13-11-12-5-2-3-6-12/h12-13H,2-11H2,1H3. The molecule has 0 heterocycles. The molecule has 1 aliphatic carbocycles. The highest BCUT2D eigenvalue weighted by molar-refractivity contribution is 4.69. The van der Waals surface area contributed by atoms with Gasteiger partial charge in [-0.2, -0.15) is 0 Å². The van der Waals surface area contributed by atoms with Gasteiger partial charge >= 0.3 is 0 Å². The third kappa shape index (κ3) is 6.88. The molecule has 0 amide bonds. The summed E-state index contributed by atoms with van der Waals surface area (Å²) in [4.78, 5) is 0. The van der Waals surface area contributed by atoms with E-state index in [9.17, 15) is 0 Å². The molecule has 0 spiro atoms. The van der Waals surface area contributed by atoms with Crippen molar-refractivity contribution in [1.29, 1.82) is 0 Å². The van der Waals surface area contributed by atoms with Crippen molar-refractivity contribution in [1.82, 2.24) is 5.32 Å². The number of rotatable bonds is 9. The third-order valence-corrected chi connectivity index (χ3v) is 2.97. The molecule has 1 saturated carbocycles. The van der Waals surface area contributed by atoms with Crippen molar-refractivity contribution in [2.75, 3.05) is 40.0 Å². The van der Waals surface area contributed by atoms with Gasteiger partial charge in [-0.25, -0.2) is 0 Å². The number of nitrogens with one attached hydrogen (secondary N) is 1. The normalized spacial score (nSPS) is 17.4. The van der Waals surface area contributed by atoms with E-state index in [2.05, 4.69) is 5.32 Å². The lowest BCUT2D eigenvalue weighted by Gasteiger charge is -2.10. The maximum atomic E-state index is 5.46. The summed E-state index contributed by atoms with van der Waals surface area (Å²) in [7, 11) is 1.73. The van der Waals surface area contributed by atoms with E-state index in [4.69, 9.17) is 9.47 Å². The molecule has 0 unspecified atom stereocenters. The molecular formula is C12H25NO2. The Morgan fingerprint density at radius 2 is 1.93 bits per heavy atom. The monoisotopic (exact) mass is 215 g/mol. The zero-order valence-corrected chi connectivity index (χ0v) is 9.96. The number of hydrogen-bond donors (Lipinski definition) is 1. The second-order valence-electron chi connectivity index (χ2n) is 4.31. The molecule has 0 radical (unpaired) electrons. The molecule has 90 valence electrons. The fourth-order valence-electron chi connectivity index (χ4n) is 2.07. The topological polar surface area (TPSA) is 30.5 Å². The minimum absolute atomic E-state index is 0.801. The highest BCUT2D eigenvalue weighted by Gasteiger charge is 2.13. The predicted molar refractivity (Wildman–Crippen MR) is 62.1 cm³/mol. The smallest absolute Gasteiger partial charge is 0.0590 e. The Bertz CT molecular complexity index is 136. The molecule has 1 fully saturated rings. The van der Waals surface area contributed by atoms with E-state index in [1.807, 2.05) is 0 Å². The molecule has 0 aromatic carbocycles. The Hall–Kier alpha value is -0.120. The van der Waals surface area contributed by atoms with Gasteiger partial charge in [0.05, 0.1) is 6.61 Å². The van der Waals surface area contributed by atoms with Gasteiger partial charge in [0.1, 0.15) is 0 Å². The van der Waals surface area contributed by atoms with Crippen LogP contribution in [0.5, 0.6) is 0 Å². The second-order valence-corrected chi connectivity index (χ2v) is 4.31. The first kappa shape index (κ1) is 12.9. The zero-order chi connectivity index (χ0) is 10.8. The van der Waals surface area contributed by atoms with Crippen molar-refractivity contribution >= 4 is 0 Å². The lowest BCUT2D eigenvalue weighted by molar-refractivity contribution is 0.104. The molecule has 0 aliphatic heterocycles. The van der Waals surface area contributed by atoms with E-state index < -0.39 is 0 Å². The molecule has 3 heteroatoms. The molecule has 3 nitrogen and oxygen atoms in total. The van der Waals surface area contributed by atoms with Gasteiger partial charge in [-0.1, -0.05) is 12.8 Å². The van der Waals surface area contributed by atoms with E-state index in [-0.39, 0.29) is 0 Å². The average Bonchev–Trinajstić information content (AvgIpc) is 2.75. The Labute approximate surface area is 93.5 Å². The molecule has 0 bridgehead atoms. The van der Waals surface area contributed by atoms with Gasteiger partial charge in [0.15, 0.2) is 0 Å². The molecule has 0 aromatic rings. The van der Waals surface area contributed by atoms with Crippen LogP contribution in [-0.4, -0.2) is 40.0 Å². The summed E-state index contributed by atoms with van der Waals surface area (Å²) in [5, 5.41) is 3.46. The number of ether oxygens (including phenoxy) is 2. The molecule has 15 heavy (non-hydrogen) atoms. The minimum atomic E-state index is 0.801. The van der Waals surface area contributed by atoms with Crippen LogP contribution in [0.4, 0.5) is 0 Å². The SMILES string of the molecule is COCCCOCCNCC1CCCC1. The highest BCUT2D eigenvalue weighted by atomic mass is 16.5. The van der Waals surface area contributed by atoms with Crippen LogP contribution >= 0.6 is 0 Å². The largest absolute Gasteiger partial charge is 0.385 e. The van der Waals surface area contributed by atoms with Gasteiger partial charge in [-0.05, 0) is 31.7 Å². The van der Waals surface area contributed by atoms with Crippen LogP contribution in [0.1, 0.15) is 32.1 Å². The van der Waals surface area contributed by atoms with Crippen LogP contribution in [0.25, 0.3) is 0 Å². The van der Waals surface area contributed by atoms with Crippen molar-refractivity contribution < 1.29 is 9.47 Å². The Morgan fingerprint density at radius 3 is 2.67 bits per heavy atom. The third-order valence-electron chi connectivity index (χ3n) is 2.97. The van der Waals surface area contributed by atoms with E-state index in [1.54, 1.807) is 7.11 Å². The molecular weight excluding hydrogens is 190 g/mol. The van der Waals surface area contributed by atoms with Crippen LogP contribution in [-0.2, 0) is 9.47 Å². The van der Waals surface area contributed by atoms with Gasteiger partial charge in [-0.3, -0.25) is 0 Å². The van der Waals surface area contributed by atoms with Gasteiger partial charge in [-0.15, -0.1) is 0 Å². The zero-order valence-electron chi connectivity index (χ0n) is 9.96. The maximum absolute atomic E-state index is 5.46. The Kier molecular flexibility index (Phi) is 7.88. The van der Waals surface area contributed by atoms with Gasteiger partial charge in [0.25, 0.3) is 0 Å². The summed E-state index contributed by atoms with van der Waals surface area (Å²) in [6.45, 7) is 4.62. The summed E-state index contributed by atoms with van der Waals surface area (Å²) in [6.07, 6.45) is 6.70. The van der Waals surface area contributed by atoms with Gasteiger partial charge in [0.2, 0.25) is 0 Å². The predicted octanol–water partition coefficient (Wildman–Crippen LogP) is 1.82. The summed E-state index contributed by atoms with van der Waals surface area (Å²) in [6, 6.07) is 0. The van der Waals surface area contributed by atoms with E-state index in [0.717, 1.165) is 38.7 Å². The molecule has 0 atom stereocenters. The van der Waals surface area contributed by atoms with Crippen molar-refractivity contribution in [3.63, 3.8) is 0 Å². The fraction of sp³-hybridized carbons (Fsp3) is 1.00. The van der Waals surface area contributed by atoms with Crippen molar-refractivity contribution in [2.45, 2.75) is 32.1 Å². The summed E-state index contributed by atoms with van der Waals surface area (Å²) < 4.78 is 10.4. The Balaban J connectivity index is 1.73. The van der Waals surface area contributed by atoms with Crippen molar-refractivity contribution in [3.8, 4) is 0 Å². The number of hydrogen-bond acceptors (Lipinski definition) is 3. The average molecular weight is 215 g/mol. The van der Waals surface area contributed by atoms with Crippen LogP contribution in [0.15, 0.2) is 0 Å². The number of methoxy groups -OCH3 is 1. The molecule has 0 aromatic heterocycles. The molecule has 1 rings (SSSR count). The Morgan fingerprint density at radius 1 is 1.13 bits per heavy atom. The first-order valence-electron chi connectivity index (χ1n) is 6.21. The van der Waals surface area contributed by atoms with Crippen LogP contribution in [0.2, 0.25) is 0 Å². The molecule has 1 aliphatic rings. The van der Waals surface area contributed by atoms with Crippen molar-refractivity contribution in [2.24, 2.45) is 5.92 Å². The first-order chi connectivity index (χ1) is 7.43. The summed E-state index contributed by atoms with van der Waals surface area (Å²) in [5.41, 5.74) is 0. The van der Waals surface area contributed by atoms with E-state index in [1.165, 1.54) is 32.2 Å². The summed E-state index contributed by atoms with van der Waals surface area (Å²) in [5.74, 6) is 0.929. The second kappa shape index (κ2) is 9.13. The summed E-state index contributed by atoms with van der Waals surface area (Å²) >= 11 is 0. The molecule has 0 saturated heterocycles. The van der Waals surface area contributed by atoms with E-state index in [0.29, 0.717) is 0 Å². The van der Waals surface area contributed by atoms with Crippen LogP contribution < -0.4 is 5.32 Å². The molecule has 1 N–H and O–H groups in total. The first-order valence-corrected chi connectivity index (χ1v) is 6.21.